The van der Waals surface area contributed by atoms with Crippen molar-refractivity contribution in [1.29, 1.82) is 5.26 Å². The number of halogens is 1. The van der Waals surface area contributed by atoms with Crippen LogP contribution in [0.2, 0.25) is 5.15 Å². The summed E-state index contributed by atoms with van der Waals surface area (Å²) in [5.74, 6) is -0.0700. The van der Waals surface area contributed by atoms with Crippen LogP contribution in [0.5, 0.6) is 0 Å². The highest BCUT2D eigenvalue weighted by Crippen LogP contribution is 2.43. The van der Waals surface area contributed by atoms with E-state index in [-0.39, 0.29) is 17.2 Å². The molecule has 0 aliphatic carbocycles. The minimum Gasteiger partial charge on any atom is -0.341 e. The molecule has 1 aliphatic heterocycles. The standard InChI is InChI=1S/C22H18ClN5O2S/c1-26-19-16(21(29)27(2)22(26)30)17(13-6-3-5-12(9-13)10-24)28-8-4-7-14(18(19)28)20-25-15(23)11-31-20/h3,5-6,9,11,14H,4,7-8H2,1-2H3/t14-/m1/s1. The first kappa shape index (κ1) is 19.8. The van der Waals surface area contributed by atoms with E-state index in [2.05, 4.69) is 15.6 Å². The molecule has 0 fully saturated rings. The lowest BCUT2D eigenvalue weighted by atomic mass is 9.96. The molecule has 156 valence electrons. The Labute approximate surface area is 186 Å². The predicted octanol–water partition coefficient (Wildman–Crippen LogP) is 3.61. The van der Waals surface area contributed by atoms with Crippen LogP contribution < -0.4 is 11.2 Å². The van der Waals surface area contributed by atoms with Crippen molar-refractivity contribution in [3.63, 3.8) is 0 Å². The highest BCUT2D eigenvalue weighted by molar-refractivity contribution is 7.10. The van der Waals surface area contributed by atoms with Crippen LogP contribution in [0.3, 0.4) is 0 Å². The summed E-state index contributed by atoms with van der Waals surface area (Å²) in [5, 5.41) is 13.0. The number of hydrogen-bond donors (Lipinski definition) is 0. The summed E-state index contributed by atoms with van der Waals surface area (Å²) in [7, 11) is 3.19. The molecule has 4 heterocycles. The second-order valence-corrected chi connectivity index (χ2v) is 8.99. The molecule has 0 amide bonds. The van der Waals surface area contributed by atoms with Gasteiger partial charge in [0.15, 0.2) is 0 Å². The zero-order valence-corrected chi connectivity index (χ0v) is 18.5. The van der Waals surface area contributed by atoms with Gasteiger partial charge in [-0.1, -0.05) is 23.7 Å². The van der Waals surface area contributed by atoms with Crippen LogP contribution in [0.1, 0.15) is 35.0 Å². The lowest BCUT2D eigenvalue weighted by molar-refractivity contribution is 0.495. The number of hydrogen-bond acceptors (Lipinski definition) is 5. The third-order valence-corrected chi connectivity index (χ3v) is 7.25. The van der Waals surface area contributed by atoms with Crippen LogP contribution in [0.4, 0.5) is 0 Å². The van der Waals surface area contributed by atoms with Crippen molar-refractivity contribution in [2.24, 2.45) is 14.1 Å². The number of fused-ring (bicyclic) bond motifs is 3. The van der Waals surface area contributed by atoms with Crippen molar-refractivity contribution in [3.05, 3.63) is 71.9 Å². The summed E-state index contributed by atoms with van der Waals surface area (Å²) in [6, 6.07) is 9.41. The molecule has 5 rings (SSSR count). The third kappa shape index (κ3) is 2.88. The Bertz CT molecular complexity index is 1520. The molecule has 1 aromatic carbocycles. The molecule has 31 heavy (non-hydrogen) atoms. The fourth-order valence-electron chi connectivity index (χ4n) is 4.62. The van der Waals surface area contributed by atoms with E-state index in [1.165, 1.54) is 18.4 Å². The normalized spacial score (nSPS) is 15.7. The largest absolute Gasteiger partial charge is 0.341 e. The Morgan fingerprint density at radius 1 is 1.26 bits per heavy atom. The molecule has 0 spiro atoms. The smallest absolute Gasteiger partial charge is 0.331 e. The maximum absolute atomic E-state index is 13.4. The average molecular weight is 452 g/mol. The van der Waals surface area contributed by atoms with E-state index in [1.807, 2.05) is 12.1 Å². The number of rotatable bonds is 2. The van der Waals surface area contributed by atoms with Gasteiger partial charge < -0.3 is 4.57 Å². The van der Waals surface area contributed by atoms with Gasteiger partial charge in [0.1, 0.15) is 10.2 Å². The summed E-state index contributed by atoms with van der Waals surface area (Å²) in [6.07, 6.45) is 1.75. The first-order valence-corrected chi connectivity index (χ1v) is 11.1. The SMILES string of the molecule is Cn1c(=O)c2c(-c3cccc(C#N)c3)n3c(c2n(C)c1=O)[C@H](c1nc(Cl)cs1)CCC3. The molecular weight excluding hydrogens is 434 g/mol. The number of nitriles is 1. The Kier molecular flexibility index (Phi) is 4.61. The summed E-state index contributed by atoms with van der Waals surface area (Å²) in [5.41, 5.74) is 2.86. The highest BCUT2D eigenvalue weighted by atomic mass is 35.5. The summed E-state index contributed by atoms with van der Waals surface area (Å²) >= 11 is 7.60. The molecular formula is C22H18ClN5O2S. The van der Waals surface area contributed by atoms with E-state index in [0.717, 1.165) is 39.4 Å². The quantitative estimate of drug-likeness (QED) is 0.466. The fourth-order valence-corrected chi connectivity index (χ4v) is 5.71. The molecule has 9 heteroatoms. The lowest BCUT2D eigenvalue weighted by Gasteiger charge is -2.25. The number of nitrogens with zero attached hydrogens (tertiary/aromatic N) is 5. The van der Waals surface area contributed by atoms with Gasteiger partial charge in [-0.25, -0.2) is 9.78 Å². The monoisotopic (exact) mass is 451 g/mol. The van der Waals surface area contributed by atoms with Gasteiger partial charge >= 0.3 is 5.69 Å². The molecule has 0 bridgehead atoms. The minimum absolute atomic E-state index is 0.0700. The van der Waals surface area contributed by atoms with Crippen molar-refractivity contribution in [2.45, 2.75) is 25.3 Å². The molecule has 1 atom stereocenters. The van der Waals surface area contributed by atoms with E-state index < -0.39 is 0 Å². The lowest BCUT2D eigenvalue weighted by Crippen LogP contribution is -2.37. The molecule has 0 radical (unpaired) electrons. The van der Waals surface area contributed by atoms with Gasteiger partial charge in [0.05, 0.1) is 39.8 Å². The van der Waals surface area contributed by atoms with Crippen molar-refractivity contribution in [3.8, 4) is 17.3 Å². The topological polar surface area (TPSA) is 85.6 Å². The maximum atomic E-state index is 13.4. The van der Waals surface area contributed by atoms with Crippen molar-refractivity contribution < 1.29 is 0 Å². The van der Waals surface area contributed by atoms with Crippen molar-refractivity contribution in [1.82, 2.24) is 18.7 Å². The van der Waals surface area contributed by atoms with Crippen LogP contribution >= 0.6 is 22.9 Å². The average Bonchev–Trinajstić information content (AvgIpc) is 3.37. The molecule has 0 saturated heterocycles. The van der Waals surface area contributed by atoms with Gasteiger partial charge in [-0.15, -0.1) is 11.3 Å². The number of aryl methyl sites for hydroxylation is 1. The van der Waals surface area contributed by atoms with E-state index in [1.54, 1.807) is 29.1 Å². The zero-order valence-electron chi connectivity index (χ0n) is 16.9. The Balaban J connectivity index is 1.96. The highest BCUT2D eigenvalue weighted by Gasteiger charge is 2.33. The summed E-state index contributed by atoms with van der Waals surface area (Å²) < 4.78 is 4.82. The molecule has 0 N–H and O–H groups in total. The molecule has 7 nitrogen and oxygen atoms in total. The number of benzene rings is 1. The molecule has 0 saturated carbocycles. The fraction of sp³-hybridized carbons (Fsp3) is 0.273. The van der Waals surface area contributed by atoms with E-state index in [4.69, 9.17) is 11.6 Å². The first-order chi connectivity index (χ1) is 14.9. The summed E-state index contributed by atoms with van der Waals surface area (Å²) in [4.78, 5) is 30.7. The molecule has 4 aromatic rings. The van der Waals surface area contributed by atoms with Crippen LogP contribution in [-0.2, 0) is 20.6 Å². The minimum atomic E-state index is -0.371. The van der Waals surface area contributed by atoms with Crippen LogP contribution in [0.15, 0.2) is 39.2 Å². The van der Waals surface area contributed by atoms with Gasteiger partial charge in [0.2, 0.25) is 0 Å². The molecule has 1 aliphatic rings. The second-order valence-electron chi connectivity index (χ2n) is 7.71. The number of thiazole rings is 1. The van der Waals surface area contributed by atoms with Crippen molar-refractivity contribution >= 4 is 33.8 Å². The van der Waals surface area contributed by atoms with Gasteiger partial charge in [-0.2, -0.15) is 5.26 Å². The van der Waals surface area contributed by atoms with Crippen LogP contribution in [0.25, 0.3) is 22.2 Å². The second kappa shape index (κ2) is 7.22. The Morgan fingerprint density at radius 3 is 2.77 bits per heavy atom. The van der Waals surface area contributed by atoms with Gasteiger partial charge in [0, 0.05) is 31.6 Å². The third-order valence-electron chi connectivity index (χ3n) is 5.97. The van der Waals surface area contributed by atoms with Crippen LogP contribution in [-0.4, -0.2) is 18.7 Å². The van der Waals surface area contributed by atoms with Crippen LogP contribution in [0, 0.1) is 11.3 Å². The Morgan fingerprint density at radius 2 is 2.06 bits per heavy atom. The van der Waals surface area contributed by atoms with Gasteiger partial charge in [0.25, 0.3) is 5.56 Å². The summed E-state index contributed by atoms with van der Waals surface area (Å²) in [6.45, 7) is 0.711. The van der Waals surface area contributed by atoms with Gasteiger partial charge in [-0.3, -0.25) is 13.9 Å². The van der Waals surface area contributed by atoms with E-state index >= 15 is 0 Å². The number of aromatic nitrogens is 4. The van der Waals surface area contributed by atoms with Crippen molar-refractivity contribution in [2.75, 3.05) is 0 Å². The van der Waals surface area contributed by atoms with E-state index in [9.17, 15) is 14.9 Å². The zero-order chi connectivity index (χ0) is 21.9. The molecule has 3 aromatic heterocycles. The first-order valence-electron chi connectivity index (χ1n) is 9.86. The molecule has 0 unspecified atom stereocenters. The predicted molar refractivity (Wildman–Crippen MR) is 121 cm³/mol. The van der Waals surface area contributed by atoms with E-state index in [0.29, 0.717) is 28.2 Å². The Hall–Kier alpha value is -3.15. The maximum Gasteiger partial charge on any atom is 0.331 e. The van der Waals surface area contributed by atoms with Gasteiger partial charge in [-0.05, 0) is 25.0 Å².